The molecule has 18 heavy (non-hydrogen) atoms. The summed E-state index contributed by atoms with van der Waals surface area (Å²) in [6, 6.07) is 4.94. The fraction of sp³-hybridized carbons (Fsp3) is 0.571. The first-order valence-corrected chi connectivity index (χ1v) is 7.17. The maximum absolute atomic E-state index is 14.7. The first-order chi connectivity index (χ1) is 8.50. The highest BCUT2D eigenvalue weighted by Gasteiger charge is 2.33. The summed E-state index contributed by atoms with van der Waals surface area (Å²) in [5.74, 6) is -0.488. The van der Waals surface area contributed by atoms with Gasteiger partial charge in [-0.05, 0) is 48.3 Å². The van der Waals surface area contributed by atoms with Gasteiger partial charge in [0.25, 0.3) is 0 Å². The van der Waals surface area contributed by atoms with Crippen LogP contribution in [0.2, 0.25) is 0 Å². The third-order valence-corrected chi connectivity index (χ3v) is 4.17. The molecule has 0 aliphatic carbocycles. The Bertz CT molecular complexity index is 414. The number of hydrogen-bond acceptors (Lipinski definition) is 1. The predicted octanol–water partition coefficient (Wildman–Crippen LogP) is 4.31. The summed E-state index contributed by atoms with van der Waals surface area (Å²) in [6.45, 7) is 2.40. The van der Waals surface area contributed by atoms with Gasteiger partial charge in [0.05, 0.1) is 4.47 Å². The van der Waals surface area contributed by atoms with Crippen molar-refractivity contribution in [1.82, 2.24) is 5.32 Å². The van der Waals surface area contributed by atoms with E-state index in [0.717, 1.165) is 25.8 Å². The van der Waals surface area contributed by atoms with Gasteiger partial charge in [0.1, 0.15) is 11.5 Å². The maximum Gasteiger partial charge on any atom is 0.143 e. The molecule has 1 heterocycles. The summed E-state index contributed by atoms with van der Waals surface area (Å²) in [7, 11) is 0. The van der Waals surface area contributed by atoms with Crippen LogP contribution in [0.25, 0.3) is 0 Å². The van der Waals surface area contributed by atoms with E-state index in [4.69, 9.17) is 0 Å². The molecule has 0 spiro atoms. The second-order valence-electron chi connectivity index (χ2n) is 5.15. The molecule has 2 rings (SSSR count). The highest BCUT2D eigenvalue weighted by atomic mass is 79.9. The molecule has 100 valence electrons. The van der Waals surface area contributed by atoms with Crippen molar-refractivity contribution in [3.63, 3.8) is 0 Å². The third-order valence-electron chi connectivity index (χ3n) is 3.56. The Morgan fingerprint density at radius 2 is 2.22 bits per heavy atom. The van der Waals surface area contributed by atoms with Crippen LogP contribution in [-0.2, 0) is 5.67 Å². The van der Waals surface area contributed by atoms with E-state index in [9.17, 15) is 8.78 Å². The van der Waals surface area contributed by atoms with Gasteiger partial charge in [0.15, 0.2) is 0 Å². The molecule has 1 aliphatic rings. The maximum atomic E-state index is 14.7. The lowest BCUT2D eigenvalue weighted by atomic mass is 9.87. The first kappa shape index (κ1) is 13.9. The molecule has 1 saturated heterocycles. The smallest absolute Gasteiger partial charge is 0.143 e. The number of piperidine rings is 1. The molecule has 0 radical (unpaired) electrons. The highest BCUT2D eigenvalue weighted by molar-refractivity contribution is 9.10. The molecular formula is C14H18BrF2N. The molecule has 0 amide bonds. The van der Waals surface area contributed by atoms with Crippen LogP contribution in [0.15, 0.2) is 22.7 Å². The molecule has 1 aliphatic heterocycles. The second-order valence-corrected chi connectivity index (χ2v) is 6.00. The lowest BCUT2D eigenvalue weighted by Gasteiger charge is -2.30. The molecule has 2 unspecified atom stereocenters. The van der Waals surface area contributed by atoms with E-state index in [2.05, 4.69) is 21.2 Å². The van der Waals surface area contributed by atoms with Crippen LogP contribution in [0.4, 0.5) is 8.78 Å². The van der Waals surface area contributed by atoms with Crippen LogP contribution < -0.4 is 5.32 Å². The summed E-state index contributed by atoms with van der Waals surface area (Å²) >= 11 is 3.11. The van der Waals surface area contributed by atoms with Crippen LogP contribution in [0.3, 0.4) is 0 Å². The monoisotopic (exact) mass is 317 g/mol. The second kappa shape index (κ2) is 5.66. The van der Waals surface area contributed by atoms with Gasteiger partial charge in [0.2, 0.25) is 0 Å². The molecule has 1 N–H and O–H groups in total. The molecule has 0 saturated carbocycles. The summed E-state index contributed by atoms with van der Waals surface area (Å²) < 4.78 is 29.0. The Hall–Kier alpha value is -0.480. The molecule has 1 aromatic rings. The quantitative estimate of drug-likeness (QED) is 0.876. The average Bonchev–Trinajstić information content (AvgIpc) is 2.33. The Labute approximate surface area is 115 Å². The summed E-state index contributed by atoms with van der Waals surface area (Å²) in [5.41, 5.74) is -1.49. The summed E-state index contributed by atoms with van der Waals surface area (Å²) in [6.07, 6.45) is 3.55. The van der Waals surface area contributed by atoms with E-state index in [1.165, 1.54) is 13.0 Å². The number of hydrogen-bond donors (Lipinski definition) is 1. The van der Waals surface area contributed by atoms with Crippen LogP contribution >= 0.6 is 15.9 Å². The number of alkyl halides is 1. The Balaban J connectivity index is 2.16. The molecule has 0 aromatic heterocycles. The zero-order valence-corrected chi connectivity index (χ0v) is 12.1. The standard InChI is InChI=1S/C14H18BrF2N/c1-14(17,9-10-5-2-3-8-18-10)11-6-4-7-12(15)13(11)16/h4,6-7,10,18H,2-3,5,8-9H2,1H3. The van der Waals surface area contributed by atoms with Gasteiger partial charge in [0, 0.05) is 18.0 Å². The van der Waals surface area contributed by atoms with E-state index in [1.807, 2.05) is 0 Å². The predicted molar refractivity (Wildman–Crippen MR) is 72.8 cm³/mol. The SMILES string of the molecule is CC(F)(CC1CCCCN1)c1cccc(Br)c1F. The Morgan fingerprint density at radius 1 is 1.44 bits per heavy atom. The number of halogens is 3. The summed E-state index contributed by atoms with van der Waals surface area (Å²) in [5, 5.41) is 3.30. The van der Waals surface area contributed by atoms with Crippen molar-refractivity contribution in [3.05, 3.63) is 34.1 Å². The number of nitrogens with one attached hydrogen (secondary N) is 1. The largest absolute Gasteiger partial charge is 0.314 e. The lowest BCUT2D eigenvalue weighted by Crippen LogP contribution is -2.38. The van der Waals surface area contributed by atoms with Crippen LogP contribution in [0, 0.1) is 5.82 Å². The minimum Gasteiger partial charge on any atom is -0.314 e. The fourth-order valence-corrected chi connectivity index (χ4v) is 2.94. The van der Waals surface area contributed by atoms with Crippen LogP contribution in [0.1, 0.15) is 38.2 Å². The van der Waals surface area contributed by atoms with Crippen LogP contribution in [-0.4, -0.2) is 12.6 Å². The zero-order chi connectivity index (χ0) is 13.2. The van der Waals surface area contributed by atoms with Gasteiger partial charge >= 0.3 is 0 Å². The highest BCUT2D eigenvalue weighted by Crippen LogP contribution is 2.35. The minimum atomic E-state index is -1.64. The lowest BCUT2D eigenvalue weighted by molar-refractivity contribution is 0.141. The van der Waals surface area contributed by atoms with Gasteiger partial charge in [-0.2, -0.15) is 0 Å². The van der Waals surface area contributed by atoms with E-state index in [0.29, 0.717) is 10.9 Å². The van der Waals surface area contributed by atoms with E-state index >= 15 is 0 Å². The van der Waals surface area contributed by atoms with Crippen LogP contribution in [0.5, 0.6) is 0 Å². The average molecular weight is 318 g/mol. The molecule has 4 heteroatoms. The van der Waals surface area contributed by atoms with Crippen molar-refractivity contribution in [2.75, 3.05) is 6.54 Å². The summed E-state index contributed by atoms with van der Waals surface area (Å²) in [4.78, 5) is 0. The van der Waals surface area contributed by atoms with E-state index in [1.54, 1.807) is 12.1 Å². The van der Waals surface area contributed by atoms with Crippen molar-refractivity contribution in [2.24, 2.45) is 0 Å². The van der Waals surface area contributed by atoms with Crippen molar-refractivity contribution < 1.29 is 8.78 Å². The third kappa shape index (κ3) is 3.09. The Morgan fingerprint density at radius 3 is 2.89 bits per heavy atom. The van der Waals surface area contributed by atoms with Gasteiger partial charge < -0.3 is 5.32 Å². The van der Waals surface area contributed by atoms with Gasteiger partial charge in [-0.15, -0.1) is 0 Å². The number of benzene rings is 1. The van der Waals surface area contributed by atoms with Gasteiger partial charge in [-0.1, -0.05) is 18.6 Å². The topological polar surface area (TPSA) is 12.0 Å². The van der Waals surface area contributed by atoms with E-state index < -0.39 is 11.5 Å². The zero-order valence-electron chi connectivity index (χ0n) is 10.5. The molecule has 1 aromatic carbocycles. The first-order valence-electron chi connectivity index (χ1n) is 6.37. The van der Waals surface area contributed by atoms with Crippen molar-refractivity contribution >= 4 is 15.9 Å². The normalized spacial score (nSPS) is 23.7. The molecule has 0 bridgehead atoms. The Kier molecular flexibility index (Phi) is 4.38. The number of rotatable bonds is 3. The minimum absolute atomic E-state index is 0.143. The van der Waals surface area contributed by atoms with Crippen molar-refractivity contribution in [3.8, 4) is 0 Å². The van der Waals surface area contributed by atoms with Gasteiger partial charge in [-0.25, -0.2) is 8.78 Å². The molecule has 1 fully saturated rings. The van der Waals surface area contributed by atoms with Crippen molar-refractivity contribution in [1.29, 1.82) is 0 Å². The molecule has 1 nitrogen and oxygen atoms in total. The molecular weight excluding hydrogens is 300 g/mol. The fourth-order valence-electron chi connectivity index (χ4n) is 2.58. The van der Waals surface area contributed by atoms with E-state index in [-0.39, 0.29) is 11.6 Å². The van der Waals surface area contributed by atoms with Gasteiger partial charge in [-0.3, -0.25) is 0 Å². The molecule has 2 atom stereocenters. The van der Waals surface area contributed by atoms with Crippen molar-refractivity contribution in [2.45, 2.75) is 44.3 Å².